The highest BCUT2D eigenvalue weighted by atomic mass is 32.2. The van der Waals surface area contributed by atoms with Crippen LogP contribution in [0.25, 0.3) is 0 Å². The normalized spacial score (nSPS) is 11.4. The predicted octanol–water partition coefficient (Wildman–Crippen LogP) is 7.49. The zero-order chi connectivity index (χ0) is 23.4. The number of hydrogen-bond acceptors (Lipinski definition) is 2. The molecule has 0 saturated carbocycles. The molecule has 0 bridgehead atoms. The second kappa shape index (κ2) is 9.68. The largest absolute Gasteiger partial charge is 0.451 e. The summed E-state index contributed by atoms with van der Waals surface area (Å²) < 4.78 is 5.95. The fraction of sp³-hybridized carbons (Fsp3) is 0.167. The molecule has 0 aliphatic heterocycles. The molecule has 3 heteroatoms. The van der Waals surface area contributed by atoms with Gasteiger partial charge in [-0.1, -0.05) is 65.7 Å². The van der Waals surface area contributed by atoms with Crippen LogP contribution in [0.4, 0.5) is 0 Å². The lowest BCUT2D eigenvalue weighted by Crippen LogP contribution is -2.26. The lowest BCUT2D eigenvalue weighted by Gasteiger charge is -2.26. The molecular formula is C30H29O2S+. The van der Waals surface area contributed by atoms with E-state index in [2.05, 4.69) is 80.6 Å². The molecule has 0 spiro atoms. The van der Waals surface area contributed by atoms with E-state index >= 15 is 0 Å². The first kappa shape index (κ1) is 22.9. The summed E-state index contributed by atoms with van der Waals surface area (Å²) in [5, 5.41) is 0. The van der Waals surface area contributed by atoms with Gasteiger partial charge in [0, 0.05) is 0 Å². The van der Waals surface area contributed by atoms with Crippen molar-refractivity contribution in [1.82, 2.24) is 0 Å². The van der Waals surface area contributed by atoms with Gasteiger partial charge >= 0.3 is 5.97 Å². The molecule has 33 heavy (non-hydrogen) atoms. The van der Waals surface area contributed by atoms with Crippen molar-refractivity contribution in [3.05, 3.63) is 125 Å². The van der Waals surface area contributed by atoms with Crippen molar-refractivity contribution in [2.45, 2.75) is 48.0 Å². The molecule has 166 valence electrons. The zero-order valence-corrected chi connectivity index (χ0v) is 20.4. The lowest BCUT2D eigenvalue weighted by atomic mass is 9.94. The molecule has 0 aliphatic rings. The Morgan fingerprint density at radius 1 is 0.667 bits per heavy atom. The third-order valence-corrected chi connectivity index (χ3v) is 7.78. The first-order chi connectivity index (χ1) is 15.8. The predicted molar refractivity (Wildman–Crippen MR) is 136 cm³/mol. The summed E-state index contributed by atoms with van der Waals surface area (Å²) in [4.78, 5) is 16.7. The van der Waals surface area contributed by atoms with E-state index in [0.717, 1.165) is 21.6 Å². The molecule has 4 aromatic carbocycles. The maximum absolute atomic E-state index is 13.0. The second-order valence-corrected chi connectivity index (χ2v) is 10.8. The second-order valence-electron chi connectivity index (χ2n) is 8.73. The van der Waals surface area contributed by atoms with Gasteiger partial charge in [0.25, 0.3) is 0 Å². The van der Waals surface area contributed by atoms with Gasteiger partial charge in [0.15, 0.2) is 14.7 Å². The molecular weight excluding hydrogens is 424 g/mol. The number of carbonyl (C=O) groups is 1. The number of rotatable bonds is 6. The third-order valence-electron chi connectivity index (χ3n) is 5.55. The van der Waals surface area contributed by atoms with E-state index in [0.29, 0.717) is 5.56 Å². The quantitative estimate of drug-likeness (QED) is 0.223. The summed E-state index contributed by atoms with van der Waals surface area (Å²) in [7, 11) is -0.242. The summed E-state index contributed by atoms with van der Waals surface area (Å²) in [6.07, 6.45) is 0. The van der Waals surface area contributed by atoms with Crippen molar-refractivity contribution in [2.24, 2.45) is 0 Å². The molecule has 0 aliphatic carbocycles. The first-order valence-corrected chi connectivity index (χ1v) is 12.3. The van der Waals surface area contributed by atoms with Crippen molar-refractivity contribution < 1.29 is 9.53 Å². The molecule has 4 rings (SSSR count). The van der Waals surface area contributed by atoms with Crippen LogP contribution in [0.5, 0.6) is 0 Å². The van der Waals surface area contributed by atoms with Gasteiger partial charge in [-0.15, -0.1) is 0 Å². The topological polar surface area (TPSA) is 26.3 Å². The Morgan fingerprint density at radius 2 is 1.12 bits per heavy atom. The maximum Gasteiger partial charge on any atom is 0.338 e. The van der Waals surface area contributed by atoms with Crippen LogP contribution < -0.4 is 0 Å². The van der Waals surface area contributed by atoms with E-state index < -0.39 is 5.60 Å². The number of esters is 1. The Kier molecular flexibility index (Phi) is 6.71. The summed E-state index contributed by atoms with van der Waals surface area (Å²) in [6, 6.07) is 35.1. The number of carbonyl (C=O) groups excluding carboxylic acids is 1. The lowest BCUT2D eigenvalue weighted by molar-refractivity contribution is -0.00318. The smallest absolute Gasteiger partial charge is 0.338 e. The minimum Gasteiger partial charge on any atom is -0.451 e. The van der Waals surface area contributed by atoms with Crippen LogP contribution in [0, 0.1) is 13.8 Å². The molecule has 0 N–H and O–H groups in total. The highest BCUT2D eigenvalue weighted by Crippen LogP contribution is 2.32. The van der Waals surface area contributed by atoms with Gasteiger partial charge in [-0.05, 0) is 81.8 Å². The number of ether oxygens (including phenoxy) is 1. The SMILES string of the molecule is Cc1cc(C)cc(C(C)(C)OC(=O)c2ccc([S+](c3ccccc3)c3ccccc3)cc2)c1. The Labute approximate surface area is 199 Å². The highest BCUT2D eigenvalue weighted by molar-refractivity contribution is 7.97. The van der Waals surface area contributed by atoms with Crippen LogP contribution in [-0.4, -0.2) is 5.97 Å². The van der Waals surface area contributed by atoms with Crippen molar-refractivity contribution in [3.8, 4) is 0 Å². The average molecular weight is 454 g/mol. The van der Waals surface area contributed by atoms with Crippen LogP contribution >= 0.6 is 0 Å². The van der Waals surface area contributed by atoms with Crippen LogP contribution in [0.1, 0.15) is 40.9 Å². The number of aryl methyl sites for hydroxylation is 2. The van der Waals surface area contributed by atoms with Gasteiger partial charge in [-0.2, -0.15) is 0 Å². The summed E-state index contributed by atoms with van der Waals surface area (Å²) in [6.45, 7) is 8.00. The molecule has 0 atom stereocenters. The Bertz CT molecular complexity index is 1170. The summed E-state index contributed by atoms with van der Waals surface area (Å²) in [5.74, 6) is -0.315. The van der Waals surface area contributed by atoms with Crippen molar-refractivity contribution in [1.29, 1.82) is 0 Å². The molecule has 0 radical (unpaired) electrons. The van der Waals surface area contributed by atoms with Gasteiger partial charge in [-0.25, -0.2) is 4.79 Å². The van der Waals surface area contributed by atoms with Crippen molar-refractivity contribution in [3.63, 3.8) is 0 Å². The molecule has 4 aromatic rings. The van der Waals surface area contributed by atoms with E-state index in [1.807, 2.05) is 50.2 Å². The van der Waals surface area contributed by atoms with Gasteiger partial charge in [0.1, 0.15) is 5.60 Å². The maximum atomic E-state index is 13.0. The number of hydrogen-bond donors (Lipinski definition) is 0. The first-order valence-electron chi connectivity index (χ1n) is 11.1. The number of benzene rings is 4. The fourth-order valence-electron chi connectivity index (χ4n) is 3.92. The van der Waals surface area contributed by atoms with Crippen LogP contribution in [0.2, 0.25) is 0 Å². The van der Waals surface area contributed by atoms with E-state index in [1.54, 1.807) is 0 Å². The average Bonchev–Trinajstić information content (AvgIpc) is 2.80. The molecule has 0 saturated heterocycles. The van der Waals surface area contributed by atoms with Gasteiger partial charge in [0.2, 0.25) is 0 Å². The zero-order valence-electron chi connectivity index (χ0n) is 19.5. The van der Waals surface area contributed by atoms with E-state index in [-0.39, 0.29) is 16.9 Å². The standard InChI is InChI=1S/C30H29O2S/c1-22-19-23(2)21-25(20-22)30(3,4)32-29(31)24-15-17-28(18-16-24)33(26-11-7-5-8-12-26)27-13-9-6-10-14-27/h5-21H,1-4H3/q+1. The monoisotopic (exact) mass is 453 g/mol. The van der Waals surface area contributed by atoms with Gasteiger partial charge in [0.05, 0.1) is 16.5 Å². The Morgan fingerprint density at radius 3 is 1.61 bits per heavy atom. The van der Waals surface area contributed by atoms with Crippen molar-refractivity contribution >= 4 is 16.9 Å². The highest BCUT2D eigenvalue weighted by Gasteiger charge is 2.30. The molecule has 0 fully saturated rings. The molecule has 0 unspecified atom stereocenters. The van der Waals surface area contributed by atoms with Crippen LogP contribution in [0.15, 0.2) is 118 Å². The van der Waals surface area contributed by atoms with E-state index in [9.17, 15) is 4.79 Å². The molecule has 0 amide bonds. The van der Waals surface area contributed by atoms with Gasteiger partial charge < -0.3 is 4.74 Å². The van der Waals surface area contributed by atoms with Crippen molar-refractivity contribution in [2.75, 3.05) is 0 Å². The van der Waals surface area contributed by atoms with E-state index in [4.69, 9.17) is 4.74 Å². The van der Waals surface area contributed by atoms with Crippen LogP contribution in [-0.2, 0) is 21.2 Å². The third kappa shape index (κ3) is 5.37. The molecule has 2 nitrogen and oxygen atoms in total. The summed E-state index contributed by atoms with van der Waals surface area (Å²) in [5.41, 5.74) is 3.16. The minimum absolute atomic E-state index is 0.242. The van der Waals surface area contributed by atoms with E-state index in [1.165, 1.54) is 9.79 Å². The Balaban J connectivity index is 1.59. The molecule has 0 aromatic heterocycles. The Hall–Kier alpha value is -3.30. The molecule has 0 heterocycles. The van der Waals surface area contributed by atoms with Crippen LogP contribution in [0.3, 0.4) is 0 Å². The summed E-state index contributed by atoms with van der Waals surface area (Å²) >= 11 is 0. The van der Waals surface area contributed by atoms with Gasteiger partial charge in [-0.3, -0.25) is 0 Å². The fourth-order valence-corrected chi connectivity index (χ4v) is 6.00. The minimum atomic E-state index is -0.717.